The third-order valence-electron chi connectivity index (χ3n) is 3.92. The Morgan fingerprint density at radius 1 is 1.44 bits per heavy atom. The van der Waals surface area contributed by atoms with Crippen LogP contribution in [0.5, 0.6) is 0 Å². The van der Waals surface area contributed by atoms with Gasteiger partial charge in [0, 0.05) is 18.2 Å². The molecule has 18 heavy (non-hydrogen) atoms. The van der Waals surface area contributed by atoms with E-state index in [0.717, 1.165) is 17.7 Å². The Labute approximate surface area is 116 Å². The summed E-state index contributed by atoms with van der Waals surface area (Å²) in [6.07, 6.45) is 1.22. The SMILES string of the molecule is CCN1CCC(c2nc(Br)c3cccc(C)n23)C1. The van der Waals surface area contributed by atoms with Crippen LogP contribution in [0.2, 0.25) is 0 Å². The van der Waals surface area contributed by atoms with Crippen molar-refractivity contribution in [2.24, 2.45) is 0 Å². The Hall–Kier alpha value is -0.870. The standard InChI is InChI=1S/C14H18BrN3/c1-3-17-8-7-11(9-17)14-16-13(15)12-6-4-5-10(2)18(12)14/h4-6,11H,3,7-9H2,1-2H3. The first-order valence-corrected chi connectivity index (χ1v) is 7.35. The fourth-order valence-electron chi connectivity index (χ4n) is 2.90. The Morgan fingerprint density at radius 2 is 2.28 bits per heavy atom. The van der Waals surface area contributed by atoms with Crippen LogP contribution in [-0.2, 0) is 0 Å². The minimum absolute atomic E-state index is 0.560. The number of likely N-dealkylation sites (tertiary alicyclic amines) is 1. The molecule has 2 aromatic heterocycles. The highest BCUT2D eigenvalue weighted by Gasteiger charge is 2.27. The maximum Gasteiger partial charge on any atom is 0.132 e. The highest BCUT2D eigenvalue weighted by Crippen LogP contribution is 2.30. The second-order valence-electron chi connectivity index (χ2n) is 5.03. The second kappa shape index (κ2) is 4.67. The molecule has 4 heteroatoms. The lowest BCUT2D eigenvalue weighted by Gasteiger charge is -2.13. The first kappa shape index (κ1) is 12.2. The van der Waals surface area contributed by atoms with E-state index in [2.05, 4.69) is 57.3 Å². The summed E-state index contributed by atoms with van der Waals surface area (Å²) in [7, 11) is 0. The number of hydrogen-bond donors (Lipinski definition) is 0. The smallest absolute Gasteiger partial charge is 0.132 e. The van der Waals surface area contributed by atoms with Gasteiger partial charge in [-0.2, -0.15) is 0 Å². The van der Waals surface area contributed by atoms with Gasteiger partial charge in [-0.1, -0.05) is 13.0 Å². The van der Waals surface area contributed by atoms with E-state index in [1.165, 1.54) is 30.0 Å². The van der Waals surface area contributed by atoms with Crippen LogP contribution in [0.4, 0.5) is 0 Å². The minimum atomic E-state index is 0.560. The van der Waals surface area contributed by atoms with Crippen molar-refractivity contribution >= 4 is 21.4 Å². The van der Waals surface area contributed by atoms with Crippen molar-refractivity contribution in [2.75, 3.05) is 19.6 Å². The van der Waals surface area contributed by atoms with Crippen molar-refractivity contribution in [1.82, 2.24) is 14.3 Å². The summed E-state index contributed by atoms with van der Waals surface area (Å²) >= 11 is 3.59. The predicted molar refractivity (Wildman–Crippen MR) is 77.1 cm³/mol. The Bertz CT molecular complexity index is 576. The van der Waals surface area contributed by atoms with Crippen LogP contribution in [0.1, 0.15) is 30.8 Å². The zero-order chi connectivity index (χ0) is 12.7. The molecule has 96 valence electrons. The molecule has 0 aromatic carbocycles. The second-order valence-corrected chi connectivity index (χ2v) is 5.78. The van der Waals surface area contributed by atoms with Crippen LogP contribution >= 0.6 is 15.9 Å². The summed E-state index contributed by atoms with van der Waals surface area (Å²) in [5.74, 6) is 1.77. The Kier molecular flexibility index (Phi) is 3.16. The third-order valence-corrected chi connectivity index (χ3v) is 4.51. The first-order valence-electron chi connectivity index (χ1n) is 6.56. The molecule has 1 aliphatic rings. The fourth-order valence-corrected chi connectivity index (χ4v) is 3.39. The molecule has 1 saturated heterocycles. The van der Waals surface area contributed by atoms with Gasteiger partial charge in [0.25, 0.3) is 0 Å². The number of aryl methyl sites for hydroxylation is 1. The van der Waals surface area contributed by atoms with E-state index in [1.807, 2.05) is 0 Å². The van der Waals surface area contributed by atoms with Crippen LogP contribution in [0.3, 0.4) is 0 Å². The summed E-state index contributed by atoms with van der Waals surface area (Å²) in [5, 5.41) is 0. The van der Waals surface area contributed by atoms with Gasteiger partial charge in [-0.05, 0) is 54.5 Å². The van der Waals surface area contributed by atoms with Crippen molar-refractivity contribution in [1.29, 1.82) is 0 Å². The molecule has 0 aliphatic carbocycles. The Morgan fingerprint density at radius 3 is 3.00 bits per heavy atom. The van der Waals surface area contributed by atoms with Gasteiger partial charge >= 0.3 is 0 Å². The molecule has 3 heterocycles. The monoisotopic (exact) mass is 307 g/mol. The van der Waals surface area contributed by atoms with Crippen molar-refractivity contribution in [3.05, 3.63) is 34.3 Å². The molecule has 1 fully saturated rings. The zero-order valence-corrected chi connectivity index (χ0v) is 12.4. The first-order chi connectivity index (χ1) is 8.70. The fraction of sp³-hybridized carbons (Fsp3) is 0.500. The van der Waals surface area contributed by atoms with Gasteiger partial charge < -0.3 is 4.90 Å². The number of aromatic nitrogens is 2. The topological polar surface area (TPSA) is 20.5 Å². The number of rotatable bonds is 2. The summed E-state index contributed by atoms with van der Waals surface area (Å²) < 4.78 is 3.27. The molecule has 0 bridgehead atoms. The maximum atomic E-state index is 4.75. The molecule has 2 aromatic rings. The number of pyridine rings is 1. The lowest BCUT2D eigenvalue weighted by molar-refractivity contribution is 0.352. The van der Waals surface area contributed by atoms with Gasteiger partial charge in [-0.15, -0.1) is 0 Å². The molecule has 1 aliphatic heterocycles. The van der Waals surface area contributed by atoms with Gasteiger partial charge in [-0.3, -0.25) is 4.40 Å². The molecule has 3 rings (SSSR count). The quantitative estimate of drug-likeness (QED) is 0.849. The van der Waals surface area contributed by atoms with E-state index < -0.39 is 0 Å². The minimum Gasteiger partial charge on any atom is -0.303 e. The number of imidazole rings is 1. The summed E-state index contributed by atoms with van der Waals surface area (Å²) in [4.78, 5) is 7.25. The number of likely N-dealkylation sites (N-methyl/N-ethyl adjacent to an activating group) is 1. The van der Waals surface area contributed by atoms with E-state index in [9.17, 15) is 0 Å². The highest BCUT2D eigenvalue weighted by molar-refractivity contribution is 9.10. The number of halogens is 1. The van der Waals surface area contributed by atoms with Gasteiger partial charge in [0.05, 0.1) is 5.52 Å². The molecule has 3 nitrogen and oxygen atoms in total. The third kappa shape index (κ3) is 1.88. The largest absolute Gasteiger partial charge is 0.303 e. The molecule has 0 N–H and O–H groups in total. The molecule has 0 radical (unpaired) electrons. The van der Waals surface area contributed by atoms with Crippen LogP contribution < -0.4 is 0 Å². The molecule has 1 atom stereocenters. The average Bonchev–Trinajstić information content (AvgIpc) is 2.95. The van der Waals surface area contributed by atoms with Crippen molar-refractivity contribution in [2.45, 2.75) is 26.2 Å². The Balaban J connectivity index is 2.07. The van der Waals surface area contributed by atoms with Crippen molar-refractivity contribution in [3.8, 4) is 0 Å². The average molecular weight is 308 g/mol. The van der Waals surface area contributed by atoms with E-state index in [4.69, 9.17) is 4.98 Å². The number of fused-ring (bicyclic) bond motifs is 1. The van der Waals surface area contributed by atoms with Crippen LogP contribution in [0.25, 0.3) is 5.52 Å². The molecule has 0 spiro atoms. The van der Waals surface area contributed by atoms with Crippen molar-refractivity contribution in [3.63, 3.8) is 0 Å². The molecular weight excluding hydrogens is 290 g/mol. The lowest BCUT2D eigenvalue weighted by Crippen LogP contribution is -2.19. The van der Waals surface area contributed by atoms with E-state index in [-0.39, 0.29) is 0 Å². The van der Waals surface area contributed by atoms with Gasteiger partial charge in [0.2, 0.25) is 0 Å². The van der Waals surface area contributed by atoms with Crippen LogP contribution in [0, 0.1) is 6.92 Å². The normalized spacial score (nSPS) is 20.9. The van der Waals surface area contributed by atoms with Gasteiger partial charge in [0.15, 0.2) is 0 Å². The summed E-state index contributed by atoms with van der Waals surface area (Å²) in [6, 6.07) is 6.37. The zero-order valence-electron chi connectivity index (χ0n) is 10.9. The van der Waals surface area contributed by atoms with Gasteiger partial charge in [-0.25, -0.2) is 4.98 Å². The van der Waals surface area contributed by atoms with Crippen LogP contribution in [0.15, 0.2) is 22.8 Å². The van der Waals surface area contributed by atoms with Gasteiger partial charge in [0.1, 0.15) is 10.4 Å². The van der Waals surface area contributed by atoms with E-state index in [1.54, 1.807) is 0 Å². The van der Waals surface area contributed by atoms with E-state index in [0.29, 0.717) is 5.92 Å². The number of nitrogens with zero attached hydrogens (tertiary/aromatic N) is 3. The predicted octanol–water partition coefficient (Wildman–Crippen LogP) is 3.21. The lowest BCUT2D eigenvalue weighted by atomic mass is 10.1. The van der Waals surface area contributed by atoms with Crippen molar-refractivity contribution < 1.29 is 0 Å². The molecule has 0 saturated carbocycles. The molecule has 0 amide bonds. The maximum absolute atomic E-state index is 4.75. The van der Waals surface area contributed by atoms with E-state index >= 15 is 0 Å². The molecule has 1 unspecified atom stereocenters. The van der Waals surface area contributed by atoms with Crippen LogP contribution in [-0.4, -0.2) is 33.9 Å². The highest BCUT2D eigenvalue weighted by atomic mass is 79.9. The summed E-state index contributed by atoms with van der Waals surface area (Å²) in [6.45, 7) is 7.85. The number of hydrogen-bond acceptors (Lipinski definition) is 2. The molecular formula is C14H18BrN3. The summed E-state index contributed by atoms with van der Waals surface area (Å²) in [5.41, 5.74) is 2.44.